The van der Waals surface area contributed by atoms with E-state index in [2.05, 4.69) is 37.7 Å². The summed E-state index contributed by atoms with van der Waals surface area (Å²) in [7, 11) is 0. The highest BCUT2D eigenvalue weighted by atomic mass is 32.1. The summed E-state index contributed by atoms with van der Waals surface area (Å²) in [6.07, 6.45) is 3.64. The summed E-state index contributed by atoms with van der Waals surface area (Å²) in [5, 5.41) is 16.6. The number of aromatic nitrogens is 3. The Kier molecular flexibility index (Phi) is 3.93. The van der Waals surface area contributed by atoms with E-state index >= 15 is 0 Å². The molecule has 3 rings (SSSR count). The number of hydrogen-bond acceptors (Lipinski definition) is 7. The zero-order chi connectivity index (χ0) is 13.1. The molecule has 1 aliphatic rings. The van der Waals surface area contributed by atoms with Gasteiger partial charge in [-0.25, -0.2) is 4.98 Å². The number of thiazole rings is 1. The van der Waals surface area contributed by atoms with Gasteiger partial charge in [-0.1, -0.05) is 18.3 Å². The van der Waals surface area contributed by atoms with E-state index in [1.807, 2.05) is 0 Å². The summed E-state index contributed by atoms with van der Waals surface area (Å²) in [6.45, 7) is 5.33. The first-order valence-electron chi connectivity index (χ1n) is 6.65. The van der Waals surface area contributed by atoms with E-state index in [1.54, 1.807) is 22.7 Å². The van der Waals surface area contributed by atoms with E-state index in [1.165, 1.54) is 12.8 Å². The Hall–Kier alpha value is -1.21. The molecule has 19 heavy (non-hydrogen) atoms. The number of nitrogens with one attached hydrogen (secondary N) is 1. The normalized spacial score (nSPS) is 15.1. The molecule has 1 saturated heterocycles. The molecule has 1 fully saturated rings. The molecule has 0 amide bonds. The van der Waals surface area contributed by atoms with E-state index in [4.69, 9.17) is 0 Å². The van der Waals surface area contributed by atoms with Crippen LogP contribution in [0.1, 0.15) is 26.2 Å². The second kappa shape index (κ2) is 5.83. The molecule has 1 aliphatic heterocycles. The Labute approximate surface area is 120 Å². The molecule has 0 bridgehead atoms. The fourth-order valence-corrected chi connectivity index (χ4v) is 3.71. The first kappa shape index (κ1) is 12.8. The third-order valence-corrected chi connectivity index (χ3v) is 4.84. The molecule has 0 spiro atoms. The summed E-state index contributed by atoms with van der Waals surface area (Å²) in [4.78, 5) is 7.03. The molecule has 1 N–H and O–H groups in total. The molecular formula is C12H17N5S2. The molecule has 0 aromatic carbocycles. The number of nitrogens with zero attached hydrogens (tertiary/aromatic N) is 4. The van der Waals surface area contributed by atoms with E-state index < -0.39 is 0 Å². The van der Waals surface area contributed by atoms with Crippen molar-refractivity contribution in [1.82, 2.24) is 15.2 Å². The predicted molar refractivity (Wildman–Crippen MR) is 81.2 cm³/mol. The van der Waals surface area contributed by atoms with Crippen molar-refractivity contribution >= 4 is 32.9 Å². The standard InChI is InChI=1S/C12H17N5S2/c1-2-5-13-11-16-15-10(19-11)9-8-18-12(14-9)17-6-3-4-7-17/h8H,2-7H2,1H3,(H,13,16). The lowest BCUT2D eigenvalue weighted by Crippen LogP contribution is -2.17. The zero-order valence-electron chi connectivity index (χ0n) is 10.9. The zero-order valence-corrected chi connectivity index (χ0v) is 12.6. The van der Waals surface area contributed by atoms with Crippen molar-refractivity contribution in [2.45, 2.75) is 26.2 Å². The molecule has 0 atom stereocenters. The molecule has 0 unspecified atom stereocenters. The molecule has 0 saturated carbocycles. The maximum absolute atomic E-state index is 4.68. The van der Waals surface area contributed by atoms with Gasteiger partial charge >= 0.3 is 0 Å². The third-order valence-electron chi connectivity index (χ3n) is 3.04. The average Bonchev–Trinajstić information content (AvgIpc) is 3.14. The van der Waals surface area contributed by atoms with Crippen molar-refractivity contribution < 1.29 is 0 Å². The lowest BCUT2D eigenvalue weighted by atomic mass is 10.4. The largest absolute Gasteiger partial charge is 0.360 e. The molecule has 2 aromatic rings. The summed E-state index contributed by atoms with van der Waals surface area (Å²) < 4.78 is 0. The van der Waals surface area contributed by atoms with E-state index in [0.717, 1.165) is 47.0 Å². The molecule has 7 heteroatoms. The van der Waals surface area contributed by atoms with Crippen molar-refractivity contribution in [3.63, 3.8) is 0 Å². The predicted octanol–water partition coefficient (Wildman–Crippen LogP) is 3.08. The molecule has 2 aromatic heterocycles. The van der Waals surface area contributed by atoms with Crippen LogP contribution < -0.4 is 10.2 Å². The minimum atomic E-state index is 0.882. The van der Waals surface area contributed by atoms with Gasteiger partial charge in [-0.05, 0) is 19.3 Å². The number of rotatable bonds is 5. The topological polar surface area (TPSA) is 53.9 Å². The Morgan fingerprint density at radius 3 is 2.95 bits per heavy atom. The summed E-state index contributed by atoms with van der Waals surface area (Å²) in [6, 6.07) is 0. The molecule has 0 radical (unpaired) electrons. The van der Waals surface area contributed by atoms with Crippen molar-refractivity contribution in [2.75, 3.05) is 29.9 Å². The molecule has 0 aliphatic carbocycles. The van der Waals surface area contributed by atoms with E-state index in [0.29, 0.717) is 0 Å². The van der Waals surface area contributed by atoms with Gasteiger partial charge in [0, 0.05) is 25.0 Å². The van der Waals surface area contributed by atoms with Crippen LogP contribution in [-0.2, 0) is 0 Å². The highest BCUT2D eigenvalue weighted by Crippen LogP contribution is 2.31. The first-order chi connectivity index (χ1) is 9.36. The van der Waals surface area contributed by atoms with Crippen LogP contribution in [0.4, 0.5) is 10.3 Å². The SMILES string of the molecule is CCCNc1nnc(-c2csc(N3CCCC3)n2)s1. The summed E-state index contributed by atoms with van der Waals surface area (Å²) >= 11 is 3.28. The van der Waals surface area contributed by atoms with Crippen LogP contribution in [0.15, 0.2) is 5.38 Å². The quantitative estimate of drug-likeness (QED) is 0.918. The van der Waals surface area contributed by atoms with E-state index in [9.17, 15) is 0 Å². The summed E-state index contributed by atoms with van der Waals surface area (Å²) in [5.41, 5.74) is 0.953. The van der Waals surface area contributed by atoms with Crippen LogP contribution in [0.5, 0.6) is 0 Å². The minimum absolute atomic E-state index is 0.882. The van der Waals surface area contributed by atoms with Crippen LogP contribution in [0.3, 0.4) is 0 Å². The fourth-order valence-electron chi connectivity index (χ4n) is 2.05. The van der Waals surface area contributed by atoms with Crippen molar-refractivity contribution in [2.24, 2.45) is 0 Å². The highest BCUT2D eigenvalue weighted by Gasteiger charge is 2.17. The third kappa shape index (κ3) is 2.87. The number of anilines is 2. The van der Waals surface area contributed by atoms with Crippen LogP contribution in [0.25, 0.3) is 10.7 Å². The second-order valence-electron chi connectivity index (χ2n) is 4.55. The lowest BCUT2D eigenvalue weighted by molar-refractivity contribution is 0.949. The Morgan fingerprint density at radius 2 is 2.16 bits per heavy atom. The van der Waals surface area contributed by atoms with E-state index in [-0.39, 0.29) is 0 Å². The molecular weight excluding hydrogens is 278 g/mol. The lowest BCUT2D eigenvalue weighted by Gasteiger charge is -2.11. The van der Waals surface area contributed by atoms with Gasteiger partial charge in [0.05, 0.1) is 0 Å². The first-order valence-corrected chi connectivity index (χ1v) is 8.34. The highest BCUT2D eigenvalue weighted by molar-refractivity contribution is 7.19. The average molecular weight is 295 g/mol. The van der Waals surface area contributed by atoms with Crippen molar-refractivity contribution in [1.29, 1.82) is 0 Å². The fraction of sp³-hybridized carbons (Fsp3) is 0.583. The van der Waals surface area contributed by atoms with Gasteiger partial charge in [0.2, 0.25) is 5.13 Å². The maximum atomic E-state index is 4.68. The van der Waals surface area contributed by atoms with Crippen LogP contribution in [-0.4, -0.2) is 34.8 Å². The minimum Gasteiger partial charge on any atom is -0.360 e. The van der Waals surface area contributed by atoms with Crippen molar-refractivity contribution in [3.05, 3.63) is 5.38 Å². The van der Waals surface area contributed by atoms with Gasteiger partial charge in [0.1, 0.15) is 5.69 Å². The Bertz CT molecular complexity index is 530. The van der Waals surface area contributed by atoms with Gasteiger partial charge in [0.15, 0.2) is 10.1 Å². The maximum Gasteiger partial charge on any atom is 0.206 e. The van der Waals surface area contributed by atoms with Crippen LogP contribution >= 0.6 is 22.7 Å². The van der Waals surface area contributed by atoms with Gasteiger partial charge in [-0.15, -0.1) is 21.5 Å². The molecule has 102 valence electrons. The monoisotopic (exact) mass is 295 g/mol. The Morgan fingerprint density at radius 1 is 1.32 bits per heavy atom. The molecule has 5 nitrogen and oxygen atoms in total. The smallest absolute Gasteiger partial charge is 0.206 e. The summed E-state index contributed by atoms with van der Waals surface area (Å²) in [5.74, 6) is 0. The molecule has 3 heterocycles. The second-order valence-corrected chi connectivity index (χ2v) is 6.36. The van der Waals surface area contributed by atoms with Gasteiger partial charge in [0.25, 0.3) is 0 Å². The van der Waals surface area contributed by atoms with Crippen LogP contribution in [0, 0.1) is 0 Å². The van der Waals surface area contributed by atoms with Gasteiger partial charge in [-0.2, -0.15) is 0 Å². The Balaban J connectivity index is 1.72. The van der Waals surface area contributed by atoms with Crippen molar-refractivity contribution in [3.8, 4) is 10.7 Å². The van der Waals surface area contributed by atoms with Gasteiger partial charge < -0.3 is 10.2 Å². The van der Waals surface area contributed by atoms with Crippen LogP contribution in [0.2, 0.25) is 0 Å². The number of hydrogen-bond donors (Lipinski definition) is 1. The van der Waals surface area contributed by atoms with Gasteiger partial charge in [-0.3, -0.25) is 0 Å².